The highest BCUT2D eigenvalue weighted by molar-refractivity contribution is 9.10. The fraction of sp³-hybridized carbons (Fsp3) is 0.267. The van der Waals surface area contributed by atoms with E-state index in [0.29, 0.717) is 6.42 Å². The molecule has 0 aromatic heterocycles. The van der Waals surface area contributed by atoms with E-state index in [2.05, 4.69) is 21.2 Å². The van der Waals surface area contributed by atoms with Gasteiger partial charge in [-0.3, -0.25) is 4.79 Å². The van der Waals surface area contributed by atoms with Crippen LogP contribution in [0.15, 0.2) is 40.9 Å². The zero-order valence-electron chi connectivity index (χ0n) is 11.2. The van der Waals surface area contributed by atoms with E-state index in [1.165, 1.54) is 0 Å². The van der Waals surface area contributed by atoms with Crippen LogP contribution in [0.1, 0.15) is 6.42 Å². The zero-order valence-corrected chi connectivity index (χ0v) is 13.6. The summed E-state index contributed by atoms with van der Waals surface area (Å²) in [5, 5.41) is 5.09. The molecule has 20 heavy (non-hydrogen) atoms. The first-order chi connectivity index (χ1) is 9.60. The van der Waals surface area contributed by atoms with E-state index in [4.69, 9.17) is 5.73 Å². The Morgan fingerprint density at radius 3 is 2.75 bits per heavy atom. The number of nitrogens with one attached hydrogen (secondary N) is 1. The maximum Gasteiger partial charge on any atom is 0.241 e. The van der Waals surface area contributed by atoms with Crippen molar-refractivity contribution in [3.05, 3.63) is 40.9 Å². The molecule has 1 amide bonds. The summed E-state index contributed by atoms with van der Waals surface area (Å²) in [7, 11) is 0. The largest absolute Gasteiger partial charge is 0.325 e. The third kappa shape index (κ3) is 3.98. The lowest BCUT2D eigenvalue weighted by atomic mass is 10.1. The lowest BCUT2D eigenvalue weighted by molar-refractivity contribution is -0.117. The fourth-order valence-electron chi connectivity index (χ4n) is 1.91. The molecular formula is C15H17BrN2OS. The molecule has 0 bridgehead atoms. The van der Waals surface area contributed by atoms with Crippen LogP contribution in [0.25, 0.3) is 10.8 Å². The van der Waals surface area contributed by atoms with E-state index >= 15 is 0 Å². The number of anilines is 1. The molecule has 0 radical (unpaired) electrons. The molecule has 3 N–H and O–H groups in total. The van der Waals surface area contributed by atoms with Crippen molar-refractivity contribution in [1.82, 2.24) is 0 Å². The van der Waals surface area contributed by atoms with E-state index in [1.54, 1.807) is 11.8 Å². The van der Waals surface area contributed by atoms with Crippen LogP contribution < -0.4 is 11.1 Å². The fourth-order valence-corrected chi connectivity index (χ4v) is 2.77. The smallest absolute Gasteiger partial charge is 0.241 e. The molecule has 1 atom stereocenters. The minimum Gasteiger partial charge on any atom is -0.325 e. The second-order valence-corrected chi connectivity index (χ2v) is 6.48. The van der Waals surface area contributed by atoms with Crippen LogP contribution in [-0.2, 0) is 4.79 Å². The van der Waals surface area contributed by atoms with Gasteiger partial charge in [0.05, 0.1) is 6.04 Å². The summed E-state index contributed by atoms with van der Waals surface area (Å²) in [5.74, 6) is 0.760. The highest BCUT2D eigenvalue weighted by Gasteiger charge is 2.13. The molecule has 0 spiro atoms. The summed E-state index contributed by atoms with van der Waals surface area (Å²) < 4.78 is 1.04. The number of nitrogens with two attached hydrogens (primary N) is 1. The molecule has 0 aliphatic carbocycles. The number of halogens is 1. The lowest BCUT2D eigenvalue weighted by Gasteiger charge is -2.12. The molecule has 2 rings (SSSR count). The second-order valence-electron chi connectivity index (χ2n) is 4.58. The molecule has 0 unspecified atom stereocenters. The van der Waals surface area contributed by atoms with E-state index in [-0.39, 0.29) is 5.91 Å². The predicted molar refractivity (Wildman–Crippen MR) is 91.3 cm³/mol. The maximum atomic E-state index is 12.0. The Bertz CT molecular complexity index is 618. The number of carbonyl (C=O) groups is 1. The van der Waals surface area contributed by atoms with Gasteiger partial charge in [-0.25, -0.2) is 0 Å². The Labute approximate surface area is 131 Å². The van der Waals surface area contributed by atoms with Crippen molar-refractivity contribution < 1.29 is 4.79 Å². The van der Waals surface area contributed by atoms with E-state index in [1.807, 2.05) is 42.7 Å². The minimum atomic E-state index is -0.455. The Hall–Kier alpha value is -1.04. The highest BCUT2D eigenvalue weighted by atomic mass is 79.9. The molecule has 0 heterocycles. The highest BCUT2D eigenvalue weighted by Crippen LogP contribution is 2.23. The molecule has 3 nitrogen and oxygen atoms in total. The summed E-state index contributed by atoms with van der Waals surface area (Å²) in [4.78, 5) is 12.0. The monoisotopic (exact) mass is 352 g/mol. The van der Waals surface area contributed by atoms with Gasteiger partial charge in [-0.1, -0.05) is 28.1 Å². The molecule has 0 saturated heterocycles. The first-order valence-corrected chi connectivity index (χ1v) is 8.53. The number of amides is 1. The van der Waals surface area contributed by atoms with Crippen molar-refractivity contribution in [1.29, 1.82) is 0 Å². The maximum absolute atomic E-state index is 12.0. The number of thioether (sulfide) groups is 1. The van der Waals surface area contributed by atoms with Gasteiger partial charge in [0.2, 0.25) is 5.91 Å². The molecule has 106 valence electrons. The van der Waals surface area contributed by atoms with E-state index < -0.39 is 6.04 Å². The van der Waals surface area contributed by atoms with Crippen molar-refractivity contribution >= 4 is 50.1 Å². The van der Waals surface area contributed by atoms with Crippen LogP contribution in [-0.4, -0.2) is 24.0 Å². The van der Waals surface area contributed by atoms with Crippen LogP contribution in [0, 0.1) is 0 Å². The van der Waals surface area contributed by atoms with Gasteiger partial charge < -0.3 is 11.1 Å². The van der Waals surface area contributed by atoms with Gasteiger partial charge in [-0.2, -0.15) is 11.8 Å². The average molecular weight is 353 g/mol. The van der Waals surface area contributed by atoms with Gasteiger partial charge in [-0.05, 0) is 53.5 Å². The predicted octanol–water partition coefficient (Wildman–Crippen LogP) is 3.62. The summed E-state index contributed by atoms with van der Waals surface area (Å²) in [6.45, 7) is 0. The SMILES string of the molecule is CSCC[C@H](N)C(=O)Nc1ccc2cc(Br)ccc2c1. The normalized spacial score (nSPS) is 12.3. The number of carbonyl (C=O) groups excluding carboxylic acids is 1. The summed E-state index contributed by atoms with van der Waals surface area (Å²) in [5.41, 5.74) is 6.63. The van der Waals surface area contributed by atoms with E-state index in [0.717, 1.165) is 26.7 Å². The van der Waals surface area contributed by atoms with Crippen LogP contribution >= 0.6 is 27.7 Å². The van der Waals surface area contributed by atoms with Crippen molar-refractivity contribution in [2.45, 2.75) is 12.5 Å². The van der Waals surface area contributed by atoms with Gasteiger partial charge in [0, 0.05) is 10.2 Å². The molecule has 2 aromatic carbocycles. The summed E-state index contributed by atoms with van der Waals surface area (Å²) >= 11 is 5.14. The third-order valence-electron chi connectivity index (χ3n) is 3.04. The molecule has 0 aliphatic heterocycles. The van der Waals surface area contributed by atoms with Crippen LogP contribution in [0.4, 0.5) is 5.69 Å². The number of benzene rings is 2. The first kappa shape index (κ1) is 15.4. The quantitative estimate of drug-likeness (QED) is 0.863. The average Bonchev–Trinajstić information content (AvgIpc) is 2.44. The van der Waals surface area contributed by atoms with Crippen molar-refractivity contribution in [3.8, 4) is 0 Å². The van der Waals surface area contributed by atoms with Crippen LogP contribution in [0.2, 0.25) is 0 Å². The van der Waals surface area contributed by atoms with Gasteiger partial charge in [-0.15, -0.1) is 0 Å². The standard InChI is InChI=1S/C15H17BrN2OS/c1-20-7-6-14(17)15(19)18-13-5-3-10-8-12(16)4-2-11(10)9-13/h2-5,8-9,14H,6-7,17H2,1H3,(H,18,19)/t14-/m0/s1. The van der Waals surface area contributed by atoms with Gasteiger partial charge in [0.15, 0.2) is 0 Å². The Morgan fingerprint density at radius 1 is 1.30 bits per heavy atom. The van der Waals surface area contributed by atoms with Gasteiger partial charge in [0.1, 0.15) is 0 Å². The Morgan fingerprint density at radius 2 is 2.00 bits per heavy atom. The molecule has 2 aromatic rings. The van der Waals surface area contributed by atoms with Gasteiger partial charge >= 0.3 is 0 Å². The summed E-state index contributed by atoms with van der Waals surface area (Å²) in [6.07, 6.45) is 2.69. The first-order valence-electron chi connectivity index (χ1n) is 6.35. The minimum absolute atomic E-state index is 0.129. The number of hydrogen-bond donors (Lipinski definition) is 2. The Kier molecular flexibility index (Phi) is 5.46. The molecule has 5 heteroatoms. The van der Waals surface area contributed by atoms with E-state index in [9.17, 15) is 4.79 Å². The van der Waals surface area contributed by atoms with Crippen molar-refractivity contribution in [2.75, 3.05) is 17.3 Å². The number of fused-ring (bicyclic) bond motifs is 1. The number of rotatable bonds is 5. The Balaban J connectivity index is 2.09. The third-order valence-corrected chi connectivity index (χ3v) is 4.18. The molecule has 0 fully saturated rings. The summed E-state index contributed by atoms with van der Waals surface area (Å²) in [6, 6.07) is 11.4. The van der Waals surface area contributed by atoms with Gasteiger partial charge in [0.25, 0.3) is 0 Å². The van der Waals surface area contributed by atoms with Crippen LogP contribution in [0.5, 0.6) is 0 Å². The molecule has 0 saturated carbocycles. The number of hydrogen-bond acceptors (Lipinski definition) is 3. The second kappa shape index (κ2) is 7.11. The lowest BCUT2D eigenvalue weighted by Crippen LogP contribution is -2.36. The molecule has 0 aliphatic rings. The van der Waals surface area contributed by atoms with Crippen molar-refractivity contribution in [2.24, 2.45) is 5.73 Å². The molecular weight excluding hydrogens is 336 g/mol. The zero-order chi connectivity index (χ0) is 14.5. The van der Waals surface area contributed by atoms with Crippen LogP contribution in [0.3, 0.4) is 0 Å². The van der Waals surface area contributed by atoms with Crippen molar-refractivity contribution in [3.63, 3.8) is 0 Å². The topological polar surface area (TPSA) is 55.1 Å².